The molecule has 0 fully saturated rings. The Morgan fingerprint density at radius 2 is 2.31 bits per heavy atom. The molecule has 0 saturated carbocycles. The highest BCUT2D eigenvalue weighted by Gasteiger charge is 2.12. The Hall–Kier alpha value is -0.810. The molecule has 0 amide bonds. The molecule has 0 radical (unpaired) electrons. The van der Waals surface area contributed by atoms with Gasteiger partial charge in [0.2, 0.25) is 0 Å². The first-order valence-electron chi connectivity index (χ1n) is 3.48. The van der Waals surface area contributed by atoms with Crippen molar-refractivity contribution in [2.24, 2.45) is 0 Å². The molecule has 0 atom stereocenters. The normalized spacial score (nSPS) is 10.9. The van der Waals surface area contributed by atoms with Crippen molar-refractivity contribution in [2.45, 2.75) is 5.33 Å². The summed E-state index contributed by atoms with van der Waals surface area (Å²) >= 11 is 8.98. The van der Waals surface area contributed by atoms with Crippen LogP contribution in [-0.4, -0.2) is 10.1 Å². The number of pyridine rings is 1. The smallest absolute Gasteiger partial charge is 0.173 e. The van der Waals surface area contributed by atoms with E-state index in [1.807, 2.05) is 0 Å². The van der Waals surface area contributed by atoms with Gasteiger partial charge in [-0.15, -0.1) is 0 Å². The van der Waals surface area contributed by atoms with Gasteiger partial charge >= 0.3 is 0 Å². The van der Waals surface area contributed by atoms with Crippen molar-refractivity contribution in [3.8, 4) is 0 Å². The third-order valence-corrected chi connectivity index (χ3v) is 2.33. The molecule has 2 aromatic heterocycles. The summed E-state index contributed by atoms with van der Waals surface area (Å²) in [5, 5.41) is 4.66. The third-order valence-electron chi connectivity index (χ3n) is 1.62. The second-order valence-corrected chi connectivity index (χ2v) is 3.42. The van der Waals surface area contributed by atoms with Crippen LogP contribution in [0.15, 0.2) is 10.6 Å². The van der Waals surface area contributed by atoms with E-state index in [0.717, 1.165) is 0 Å². The van der Waals surface area contributed by atoms with Gasteiger partial charge < -0.3 is 10.3 Å². The molecule has 0 bridgehead atoms. The Labute approximate surface area is 87.2 Å². The van der Waals surface area contributed by atoms with Crippen LogP contribution >= 0.6 is 27.5 Å². The summed E-state index contributed by atoms with van der Waals surface area (Å²) in [5.41, 5.74) is 7.31. The van der Waals surface area contributed by atoms with Crippen molar-refractivity contribution in [2.75, 3.05) is 5.73 Å². The molecule has 0 aliphatic carbocycles. The summed E-state index contributed by atoms with van der Waals surface area (Å²) in [6.45, 7) is 0. The highest BCUT2D eigenvalue weighted by molar-refractivity contribution is 9.08. The van der Waals surface area contributed by atoms with Crippen LogP contribution in [0.5, 0.6) is 0 Å². The number of alkyl halides is 1. The van der Waals surface area contributed by atoms with Crippen LogP contribution in [-0.2, 0) is 5.33 Å². The first-order chi connectivity index (χ1) is 6.22. The minimum absolute atomic E-state index is 0.343. The number of rotatable bonds is 1. The number of hydrogen-bond donors (Lipinski definition) is 1. The first kappa shape index (κ1) is 8.77. The average molecular weight is 262 g/mol. The largest absolute Gasteiger partial charge is 0.397 e. The van der Waals surface area contributed by atoms with Crippen LogP contribution in [0.4, 0.5) is 5.69 Å². The maximum atomic E-state index is 5.73. The zero-order chi connectivity index (χ0) is 9.42. The summed E-state index contributed by atoms with van der Waals surface area (Å²) in [7, 11) is 0. The lowest BCUT2D eigenvalue weighted by Gasteiger charge is -1.94. The standard InChI is InChI=1S/C7H5BrClN3O/c8-2-4-7-6(12-13-4)3(10)1-5(9)11-7/h1H,2,10H2. The van der Waals surface area contributed by atoms with Crippen molar-refractivity contribution in [1.29, 1.82) is 0 Å². The molecule has 6 heteroatoms. The van der Waals surface area contributed by atoms with Crippen molar-refractivity contribution in [1.82, 2.24) is 10.1 Å². The second kappa shape index (κ2) is 3.16. The fraction of sp³-hybridized carbons (Fsp3) is 0.143. The summed E-state index contributed by atoms with van der Waals surface area (Å²) in [4.78, 5) is 4.07. The molecule has 2 heterocycles. The average Bonchev–Trinajstić information content (AvgIpc) is 2.47. The molecule has 2 N–H and O–H groups in total. The zero-order valence-corrected chi connectivity index (χ0v) is 8.76. The molecule has 13 heavy (non-hydrogen) atoms. The fourth-order valence-corrected chi connectivity index (χ4v) is 1.62. The molecule has 2 rings (SSSR count). The van der Waals surface area contributed by atoms with Crippen molar-refractivity contribution in [3.05, 3.63) is 17.0 Å². The maximum Gasteiger partial charge on any atom is 0.173 e. The molecule has 0 aromatic carbocycles. The first-order valence-corrected chi connectivity index (χ1v) is 4.98. The zero-order valence-electron chi connectivity index (χ0n) is 6.42. The number of anilines is 1. The van der Waals surface area contributed by atoms with Crippen molar-refractivity contribution < 1.29 is 4.52 Å². The summed E-state index contributed by atoms with van der Waals surface area (Å²) in [6, 6.07) is 1.55. The number of nitrogens with zero attached hydrogens (tertiary/aromatic N) is 2. The van der Waals surface area contributed by atoms with Gasteiger partial charge in [-0.05, 0) is 0 Å². The van der Waals surface area contributed by atoms with E-state index in [0.29, 0.717) is 33.0 Å². The summed E-state index contributed by atoms with van der Waals surface area (Å²) in [6.07, 6.45) is 0. The lowest BCUT2D eigenvalue weighted by molar-refractivity contribution is 0.403. The Balaban J connectivity index is 2.82. The van der Waals surface area contributed by atoms with Gasteiger partial charge in [0, 0.05) is 6.07 Å². The number of nitrogen functional groups attached to an aromatic ring is 1. The number of aromatic nitrogens is 2. The van der Waals surface area contributed by atoms with E-state index in [2.05, 4.69) is 26.1 Å². The molecule has 0 spiro atoms. The van der Waals surface area contributed by atoms with E-state index in [1.54, 1.807) is 6.07 Å². The van der Waals surface area contributed by atoms with E-state index >= 15 is 0 Å². The highest BCUT2D eigenvalue weighted by Crippen LogP contribution is 2.25. The third kappa shape index (κ3) is 1.38. The predicted octanol–water partition coefficient (Wildman–Crippen LogP) is 2.35. The minimum Gasteiger partial charge on any atom is -0.397 e. The highest BCUT2D eigenvalue weighted by atomic mass is 79.9. The van der Waals surface area contributed by atoms with Crippen LogP contribution in [0.2, 0.25) is 5.15 Å². The lowest BCUT2D eigenvalue weighted by Crippen LogP contribution is -1.89. The molecular formula is C7H5BrClN3O. The Bertz CT molecular complexity index is 456. The Morgan fingerprint density at radius 3 is 3.00 bits per heavy atom. The van der Waals surface area contributed by atoms with E-state index < -0.39 is 0 Å². The van der Waals surface area contributed by atoms with E-state index in [4.69, 9.17) is 21.9 Å². The van der Waals surface area contributed by atoms with Crippen LogP contribution in [0.3, 0.4) is 0 Å². The van der Waals surface area contributed by atoms with Gasteiger partial charge in [0.05, 0.1) is 11.0 Å². The van der Waals surface area contributed by atoms with Crippen LogP contribution < -0.4 is 5.73 Å². The Morgan fingerprint density at radius 1 is 1.54 bits per heavy atom. The number of fused-ring (bicyclic) bond motifs is 1. The summed E-state index contributed by atoms with van der Waals surface area (Å²) in [5.74, 6) is 0.629. The van der Waals surface area contributed by atoms with Gasteiger partial charge in [-0.1, -0.05) is 32.7 Å². The van der Waals surface area contributed by atoms with Crippen molar-refractivity contribution in [3.63, 3.8) is 0 Å². The molecule has 0 saturated heterocycles. The SMILES string of the molecule is Nc1cc(Cl)nc2c(CBr)onc12. The van der Waals surface area contributed by atoms with E-state index in [9.17, 15) is 0 Å². The quantitative estimate of drug-likeness (QED) is 0.633. The van der Waals surface area contributed by atoms with E-state index in [-0.39, 0.29) is 0 Å². The molecule has 2 aromatic rings. The molecule has 0 aliphatic heterocycles. The van der Waals surface area contributed by atoms with Gasteiger partial charge in [0.1, 0.15) is 10.7 Å². The van der Waals surface area contributed by atoms with Gasteiger partial charge in [-0.3, -0.25) is 0 Å². The molecular weight excluding hydrogens is 257 g/mol. The molecule has 0 unspecified atom stereocenters. The van der Waals surface area contributed by atoms with Gasteiger partial charge in [0.25, 0.3) is 0 Å². The lowest BCUT2D eigenvalue weighted by atomic mass is 10.3. The summed E-state index contributed by atoms with van der Waals surface area (Å²) < 4.78 is 5.00. The van der Waals surface area contributed by atoms with Crippen LogP contribution in [0, 0.1) is 0 Å². The second-order valence-electron chi connectivity index (χ2n) is 2.47. The predicted molar refractivity (Wildman–Crippen MR) is 53.9 cm³/mol. The van der Waals surface area contributed by atoms with Crippen LogP contribution in [0.1, 0.15) is 5.76 Å². The number of nitrogens with two attached hydrogens (primary N) is 1. The monoisotopic (exact) mass is 261 g/mol. The van der Waals surface area contributed by atoms with Gasteiger partial charge in [-0.2, -0.15) is 0 Å². The topological polar surface area (TPSA) is 64.9 Å². The van der Waals surface area contributed by atoms with Gasteiger partial charge in [0.15, 0.2) is 11.3 Å². The van der Waals surface area contributed by atoms with Crippen LogP contribution in [0.25, 0.3) is 11.0 Å². The number of hydrogen-bond acceptors (Lipinski definition) is 4. The fourth-order valence-electron chi connectivity index (χ4n) is 1.05. The van der Waals surface area contributed by atoms with E-state index in [1.165, 1.54) is 0 Å². The Kier molecular flexibility index (Phi) is 2.13. The maximum absolute atomic E-state index is 5.73. The molecule has 4 nitrogen and oxygen atoms in total. The van der Waals surface area contributed by atoms with Crippen molar-refractivity contribution >= 4 is 44.3 Å². The minimum atomic E-state index is 0.343. The number of halogens is 2. The van der Waals surface area contributed by atoms with Gasteiger partial charge in [-0.25, -0.2) is 4.98 Å². The molecule has 0 aliphatic rings. The molecule has 68 valence electrons.